The van der Waals surface area contributed by atoms with Crippen LogP contribution in [0.1, 0.15) is 16.8 Å². The number of ether oxygens (including phenoxy) is 1. The third-order valence-corrected chi connectivity index (χ3v) is 6.42. The first-order chi connectivity index (χ1) is 13.2. The molecule has 5 rings (SSSR count). The number of fused-ring (bicyclic) bond motifs is 2. The summed E-state index contributed by atoms with van der Waals surface area (Å²) in [6.45, 7) is 7.30. The molecule has 140 valence electrons. The van der Waals surface area contributed by atoms with Gasteiger partial charge in [0.05, 0.1) is 6.61 Å². The second-order valence-electron chi connectivity index (χ2n) is 7.54. The van der Waals surface area contributed by atoms with Crippen LogP contribution in [-0.4, -0.2) is 42.2 Å². The molecule has 1 saturated heterocycles. The summed E-state index contributed by atoms with van der Waals surface area (Å²) < 4.78 is 7.22. The van der Waals surface area contributed by atoms with E-state index in [1.165, 1.54) is 27.4 Å². The molecule has 1 fully saturated rings. The molecule has 2 N–H and O–H groups in total. The van der Waals surface area contributed by atoms with Gasteiger partial charge in [-0.15, -0.1) is 11.3 Å². The molecule has 1 aromatic carbocycles. The number of rotatable bonds is 4. The Kier molecular flexibility index (Phi) is 4.43. The molecule has 27 heavy (non-hydrogen) atoms. The molecule has 0 radical (unpaired) electrons. The summed E-state index contributed by atoms with van der Waals surface area (Å²) >= 11 is 1.52. The van der Waals surface area contributed by atoms with Crippen LogP contribution in [0.2, 0.25) is 0 Å². The van der Waals surface area contributed by atoms with E-state index >= 15 is 0 Å². The Morgan fingerprint density at radius 2 is 1.93 bits per heavy atom. The van der Waals surface area contributed by atoms with Crippen molar-refractivity contribution in [2.75, 3.05) is 32.8 Å². The third kappa shape index (κ3) is 3.50. The van der Waals surface area contributed by atoms with E-state index in [2.05, 4.69) is 23.2 Å². The Hall–Kier alpha value is -2.22. The van der Waals surface area contributed by atoms with Gasteiger partial charge in [-0.3, -0.25) is 9.20 Å². The highest BCUT2D eigenvalue weighted by Gasteiger charge is 2.24. The van der Waals surface area contributed by atoms with Crippen LogP contribution >= 0.6 is 11.3 Å². The molecule has 3 aromatic rings. The SMILES string of the molecule is O=c1cc(C[NH+]2CC[NH+](Cc3ccc4c(c3)CCO4)CC2)nc2sccn12. The fourth-order valence-corrected chi connectivity index (χ4v) is 4.92. The Labute approximate surface area is 161 Å². The monoisotopic (exact) mass is 384 g/mol. The number of quaternary nitrogens is 2. The Bertz CT molecular complexity index is 1020. The quantitative estimate of drug-likeness (QED) is 0.618. The van der Waals surface area contributed by atoms with Crippen LogP contribution in [-0.2, 0) is 19.5 Å². The predicted octanol–water partition coefficient (Wildman–Crippen LogP) is -0.825. The van der Waals surface area contributed by atoms with Gasteiger partial charge in [0.1, 0.15) is 50.7 Å². The largest absolute Gasteiger partial charge is 0.493 e. The van der Waals surface area contributed by atoms with Gasteiger partial charge in [-0.05, 0) is 23.8 Å². The number of benzene rings is 1. The summed E-state index contributed by atoms with van der Waals surface area (Å²) in [4.78, 5) is 20.8. The Morgan fingerprint density at radius 3 is 2.78 bits per heavy atom. The molecular formula is C20H24N4O2S+2. The average Bonchev–Trinajstić information content (AvgIpc) is 3.32. The maximum Gasteiger partial charge on any atom is 0.258 e. The van der Waals surface area contributed by atoms with Gasteiger partial charge in [-0.2, -0.15) is 0 Å². The third-order valence-electron chi connectivity index (χ3n) is 5.66. The van der Waals surface area contributed by atoms with Crippen molar-refractivity contribution in [3.63, 3.8) is 0 Å². The number of piperazine rings is 1. The maximum absolute atomic E-state index is 12.1. The molecular weight excluding hydrogens is 360 g/mol. The Balaban J connectivity index is 1.19. The zero-order valence-electron chi connectivity index (χ0n) is 15.2. The minimum atomic E-state index is 0.0282. The lowest BCUT2D eigenvalue weighted by atomic mass is 10.1. The van der Waals surface area contributed by atoms with Crippen molar-refractivity contribution in [3.05, 3.63) is 63.0 Å². The molecule has 0 atom stereocenters. The summed E-state index contributed by atoms with van der Waals surface area (Å²) in [7, 11) is 0. The Morgan fingerprint density at radius 1 is 1.11 bits per heavy atom. The van der Waals surface area contributed by atoms with E-state index < -0.39 is 0 Å². The van der Waals surface area contributed by atoms with Crippen LogP contribution in [0, 0.1) is 0 Å². The first-order valence-corrected chi connectivity index (χ1v) is 10.5. The van der Waals surface area contributed by atoms with Crippen molar-refractivity contribution >= 4 is 16.3 Å². The van der Waals surface area contributed by atoms with Crippen molar-refractivity contribution < 1.29 is 14.5 Å². The van der Waals surface area contributed by atoms with Gasteiger partial charge in [0, 0.05) is 29.6 Å². The molecule has 2 aromatic heterocycles. The van der Waals surface area contributed by atoms with Crippen molar-refractivity contribution in [1.82, 2.24) is 9.38 Å². The van der Waals surface area contributed by atoms with Crippen LogP contribution in [0.5, 0.6) is 5.75 Å². The first-order valence-electron chi connectivity index (χ1n) is 9.62. The van der Waals surface area contributed by atoms with Crippen LogP contribution in [0.25, 0.3) is 4.96 Å². The van der Waals surface area contributed by atoms with Gasteiger partial charge in [-0.1, -0.05) is 0 Å². The molecule has 0 aliphatic carbocycles. The topological polar surface area (TPSA) is 52.5 Å². The summed E-state index contributed by atoms with van der Waals surface area (Å²) in [6, 6.07) is 8.36. The molecule has 2 aliphatic heterocycles. The molecule has 0 amide bonds. The first kappa shape index (κ1) is 16.9. The molecule has 2 aliphatic rings. The van der Waals surface area contributed by atoms with Gasteiger partial charge >= 0.3 is 0 Å². The van der Waals surface area contributed by atoms with Gasteiger partial charge in [0.2, 0.25) is 0 Å². The molecule has 6 nitrogen and oxygen atoms in total. The van der Waals surface area contributed by atoms with E-state index in [-0.39, 0.29) is 5.56 Å². The highest BCUT2D eigenvalue weighted by atomic mass is 32.1. The van der Waals surface area contributed by atoms with Gasteiger partial charge in [-0.25, -0.2) is 4.98 Å². The highest BCUT2D eigenvalue weighted by Crippen LogP contribution is 2.25. The molecule has 0 spiro atoms. The number of hydrogen-bond acceptors (Lipinski definition) is 4. The van der Waals surface area contributed by atoms with E-state index in [1.807, 2.05) is 5.38 Å². The lowest BCUT2D eigenvalue weighted by Crippen LogP contribution is -3.27. The van der Waals surface area contributed by atoms with E-state index in [4.69, 9.17) is 4.74 Å². The highest BCUT2D eigenvalue weighted by molar-refractivity contribution is 7.15. The standard InChI is InChI=1S/C20H22N4O2S/c25-19-12-17(21-20-24(19)8-10-27-20)14-23-6-4-22(5-7-23)13-15-1-2-18-16(11-15)3-9-26-18/h1-2,8,10-12H,3-7,9,13-14H2/p+2. The normalized spacial score (nSPS) is 21.9. The molecule has 7 heteroatoms. The summed E-state index contributed by atoms with van der Waals surface area (Å²) in [6.07, 6.45) is 2.83. The number of nitrogens with one attached hydrogen (secondary N) is 2. The van der Waals surface area contributed by atoms with Gasteiger partial charge < -0.3 is 14.5 Å². The zero-order valence-corrected chi connectivity index (χ0v) is 16.1. The average molecular weight is 385 g/mol. The van der Waals surface area contributed by atoms with Crippen molar-refractivity contribution in [3.8, 4) is 5.75 Å². The van der Waals surface area contributed by atoms with E-state index in [1.54, 1.807) is 21.6 Å². The summed E-state index contributed by atoms with van der Waals surface area (Å²) in [5.41, 5.74) is 3.72. The molecule has 0 bridgehead atoms. The van der Waals surface area contributed by atoms with Crippen LogP contribution < -0.4 is 20.1 Å². The van der Waals surface area contributed by atoms with Crippen LogP contribution in [0.4, 0.5) is 0 Å². The van der Waals surface area contributed by atoms with Gasteiger partial charge in [0.15, 0.2) is 4.96 Å². The molecule has 0 saturated carbocycles. The number of thiazole rings is 1. The zero-order chi connectivity index (χ0) is 18.2. The van der Waals surface area contributed by atoms with E-state index in [0.717, 1.165) is 68.7 Å². The second-order valence-corrected chi connectivity index (χ2v) is 8.41. The van der Waals surface area contributed by atoms with Crippen molar-refractivity contribution in [2.45, 2.75) is 19.5 Å². The minimum Gasteiger partial charge on any atom is -0.493 e. The summed E-state index contributed by atoms with van der Waals surface area (Å²) in [5.74, 6) is 1.06. The van der Waals surface area contributed by atoms with Crippen molar-refractivity contribution in [1.29, 1.82) is 0 Å². The van der Waals surface area contributed by atoms with Crippen molar-refractivity contribution in [2.24, 2.45) is 0 Å². The van der Waals surface area contributed by atoms with Crippen LogP contribution in [0.3, 0.4) is 0 Å². The van der Waals surface area contributed by atoms with Gasteiger partial charge in [0.25, 0.3) is 5.56 Å². The predicted molar refractivity (Wildman–Crippen MR) is 104 cm³/mol. The lowest BCUT2D eigenvalue weighted by Gasteiger charge is -2.29. The fourth-order valence-electron chi connectivity index (χ4n) is 4.18. The number of aromatic nitrogens is 2. The molecule has 4 heterocycles. The minimum absolute atomic E-state index is 0.0282. The maximum atomic E-state index is 12.1. The smallest absolute Gasteiger partial charge is 0.258 e. The van der Waals surface area contributed by atoms with E-state index in [9.17, 15) is 4.79 Å². The van der Waals surface area contributed by atoms with Crippen LogP contribution in [0.15, 0.2) is 40.6 Å². The fraction of sp³-hybridized carbons (Fsp3) is 0.400. The number of nitrogens with zero attached hydrogens (tertiary/aromatic N) is 2. The summed E-state index contributed by atoms with van der Waals surface area (Å²) in [5, 5.41) is 1.91. The molecule has 0 unspecified atom stereocenters. The number of hydrogen-bond donors (Lipinski definition) is 2. The second kappa shape index (κ2) is 7.07. The lowest BCUT2D eigenvalue weighted by molar-refractivity contribution is -1.02. The van der Waals surface area contributed by atoms with E-state index in [0.29, 0.717) is 0 Å².